The van der Waals surface area contributed by atoms with Crippen LogP contribution < -0.4 is 20.3 Å². The molecule has 0 aliphatic rings. The van der Waals surface area contributed by atoms with E-state index < -0.39 is 10.4 Å². The third-order valence-corrected chi connectivity index (χ3v) is 6.15. The summed E-state index contributed by atoms with van der Waals surface area (Å²) < 4.78 is 43.3. The molecule has 0 bridgehead atoms. The maximum absolute atomic E-state index is 12.5. The van der Waals surface area contributed by atoms with E-state index in [1.54, 1.807) is 36.7 Å². The molecule has 0 spiro atoms. The Morgan fingerprint density at radius 1 is 0.638 bits per heavy atom. The molecule has 4 N–H and O–H groups in total. The van der Waals surface area contributed by atoms with E-state index in [1.807, 2.05) is 109 Å². The summed E-state index contributed by atoms with van der Waals surface area (Å²) in [5.41, 5.74) is 10.7. The van der Waals surface area contributed by atoms with Crippen LogP contribution >= 0.6 is 0 Å². The average molecular weight is 653 g/mol. The van der Waals surface area contributed by atoms with E-state index in [-0.39, 0.29) is 5.91 Å². The van der Waals surface area contributed by atoms with Crippen LogP contribution in [-0.4, -0.2) is 35.9 Å². The van der Waals surface area contributed by atoms with Crippen molar-refractivity contribution in [2.45, 2.75) is 13.2 Å². The summed E-state index contributed by atoms with van der Waals surface area (Å²) in [5.74, 6) is 1.18. The molecule has 0 fully saturated rings. The number of carbonyl (C=O) groups is 1. The molecule has 0 aliphatic heterocycles. The highest BCUT2D eigenvalue weighted by Crippen LogP contribution is 2.16. The maximum Gasteiger partial charge on any atom is 0.394 e. The molecule has 1 amide bonds. The van der Waals surface area contributed by atoms with Crippen molar-refractivity contribution in [1.29, 1.82) is 0 Å². The minimum atomic E-state index is -4.67. The monoisotopic (exact) mass is 652 g/mol. The highest BCUT2D eigenvalue weighted by molar-refractivity contribution is 7.79. The Balaban J connectivity index is 0.000000930. The molecular weight excluding hydrogens is 620 g/mol. The highest BCUT2D eigenvalue weighted by Gasteiger charge is 2.04. The SMILES string of the molecule is O=C(N/N=C/c1cccc(OCc2ccccc2)c1)c1ccc(N/N=C/c2cccc(OCc3ccccc3)c2)cc1.O=S(=O)(O)O. The molecule has 12 heteroatoms. The van der Waals surface area contributed by atoms with Gasteiger partial charge in [-0.1, -0.05) is 84.9 Å². The van der Waals surface area contributed by atoms with E-state index in [4.69, 9.17) is 27.0 Å². The molecule has 0 heterocycles. The number of anilines is 1. The second-order valence-corrected chi connectivity index (χ2v) is 10.7. The van der Waals surface area contributed by atoms with Crippen LogP contribution in [0.1, 0.15) is 32.6 Å². The van der Waals surface area contributed by atoms with Crippen molar-refractivity contribution >= 4 is 34.4 Å². The largest absolute Gasteiger partial charge is 0.489 e. The van der Waals surface area contributed by atoms with Gasteiger partial charge in [0.05, 0.1) is 18.1 Å². The van der Waals surface area contributed by atoms with E-state index in [2.05, 4.69) is 21.1 Å². The van der Waals surface area contributed by atoms with Gasteiger partial charge in [0, 0.05) is 5.56 Å². The zero-order valence-electron chi connectivity index (χ0n) is 25.0. The number of carbonyl (C=O) groups excluding carboxylic acids is 1. The van der Waals surface area contributed by atoms with Crippen LogP contribution in [-0.2, 0) is 23.6 Å². The van der Waals surface area contributed by atoms with Crippen LogP contribution in [0.15, 0.2) is 144 Å². The van der Waals surface area contributed by atoms with Crippen molar-refractivity contribution in [3.63, 3.8) is 0 Å². The Bertz CT molecular complexity index is 1880. The molecule has 0 aliphatic carbocycles. The van der Waals surface area contributed by atoms with E-state index >= 15 is 0 Å². The second kappa shape index (κ2) is 17.6. The molecular formula is C35H32N4O7S. The van der Waals surface area contributed by atoms with Crippen LogP contribution in [0.25, 0.3) is 0 Å². The molecule has 5 aromatic carbocycles. The highest BCUT2D eigenvalue weighted by atomic mass is 32.3. The van der Waals surface area contributed by atoms with E-state index in [0.29, 0.717) is 18.8 Å². The van der Waals surface area contributed by atoms with Gasteiger partial charge in [-0.2, -0.15) is 18.6 Å². The van der Waals surface area contributed by atoms with Gasteiger partial charge in [0.25, 0.3) is 5.91 Å². The summed E-state index contributed by atoms with van der Waals surface area (Å²) in [6, 6.07) is 42.2. The number of amides is 1. The molecule has 0 aromatic heterocycles. The van der Waals surface area contributed by atoms with Gasteiger partial charge < -0.3 is 9.47 Å². The number of nitrogens with zero attached hydrogens (tertiary/aromatic N) is 2. The zero-order chi connectivity index (χ0) is 33.3. The molecule has 0 radical (unpaired) electrons. The van der Waals surface area contributed by atoms with Crippen molar-refractivity contribution in [2.75, 3.05) is 5.43 Å². The fourth-order valence-corrected chi connectivity index (χ4v) is 3.96. The van der Waals surface area contributed by atoms with Gasteiger partial charge >= 0.3 is 10.4 Å². The molecule has 0 saturated heterocycles. The maximum atomic E-state index is 12.5. The van der Waals surface area contributed by atoms with Crippen LogP contribution in [0.4, 0.5) is 5.69 Å². The topological polar surface area (TPSA) is 159 Å². The normalized spacial score (nSPS) is 11.0. The molecule has 0 unspecified atom stereocenters. The molecule has 11 nitrogen and oxygen atoms in total. The van der Waals surface area contributed by atoms with Crippen LogP contribution in [0.2, 0.25) is 0 Å². The Morgan fingerprint density at radius 2 is 1.11 bits per heavy atom. The zero-order valence-corrected chi connectivity index (χ0v) is 25.8. The number of hydrogen-bond acceptors (Lipinski definition) is 8. The summed E-state index contributed by atoms with van der Waals surface area (Å²) in [6.07, 6.45) is 3.30. The number of nitrogens with one attached hydrogen (secondary N) is 2. The fraction of sp³-hybridized carbons (Fsp3) is 0.0571. The first kappa shape index (κ1) is 34.1. The van der Waals surface area contributed by atoms with Crippen molar-refractivity contribution in [3.05, 3.63) is 161 Å². The first-order chi connectivity index (χ1) is 22.7. The summed E-state index contributed by atoms with van der Waals surface area (Å²) in [7, 11) is -4.67. The Kier molecular flexibility index (Phi) is 12.8. The van der Waals surface area contributed by atoms with Crippen LogP contribution in [0, 0.1) is 0 Å². The Hall–Kier alpha value is -5.82. The summed E-state index contributed by atoms with van der Waals surface area (Å²) in [5, 5.41) is 8.39. The smallest absolute Gasteiger partial charge is 0.394 e. The Morgan fingerprint density at radius 3 is 1.60 bits per heavy atom. The van der Waals surface area contributed by atoms with E-state index in [9.17, 15) is 4.79 Å². The molecule has 240 valence electrons. The van der Waals surface area contributed by atoms with Gasteiger partial charge in [-0.25, -0.2) is 5.43 Å². The van der Waals surface area contributed by atoms with Crippen LogP contribution in [0.5, 0.6) is 11.5 Å². The van der Waals surface area contributed by atoms with Gasteiger partial charge in [-0.05, 0) is 70.8 Å². The standard InChI is InChI=1S/C35H30N4O3.H2O4S/c40-35(39-37-24-30-14-8-16-34(22-30)42-26-28-11-5-2-6-12-28)31-17-19-32(20-18-31)38-36-23-29-13-7-15-33(21-29)41-25-27-9-3-1-4-10-27;1-5(2,3)4/h1-24,38H,25-26H2,(H,39,40);(H2,1,2,3,4)/b36-23+,37-24+;. The first-order valence-corrected chi connectivity index (χ1v) is 15.6. The van der Waals surface area contributed by atoms with Gasteiger partial charge in [-0.15, -0.1) is 0 Å². The van der Waals surface area contributed by atoms with Gasteiger partial charge in [0.1, 0.15) is 24.7 Å². The fourth-order valence-electron chi connectivity index (χ4n) is 3.96. The van der Waals surface area contributed by atoms with Crippen molar-refractivity contribution in [1.82, 2.24) is 5.43 Å². The quantitative estimate of drug-likeness (QED) is 0.0685. The summed E-state index contributed by atoms with van der Waals surface area (Å²) >= 11 is 0. The molecule has 0 atom stereocenters. The van der Waals surface area contributed by atoms with E-state index in [0.717, 1.165) is 39.4 Å². The molecule has 5 rings (SSSR count). The van der Waals surface area contributed by atoms with Gasteiger partial charge in [0.15, 0.2) is 0 Å². The molecule has 47 heavy (non-hydrogen) atoms. The number of benzene rings is 5. The lowest BCUT2D eigenvalue weighted by Crippen LogP contribution is -2.17. The minimum Gasteiger partial charge on any atom is -0.489 e. The number of ether oxygens (including phenoxy) is 2. The number of rotatable bonds is 12. The molecule has 0 saturated carbocycles. The Labute approximate surface area is 272 Å². The second-order valence-electron chi connectivity index (χ2n) is 9.79. The van der Waals surface area contributed by atoms with Crippen molar-refractivity contribution in [3.8, 4) is 11.5 Å². The predicted molar refractivity (Wildman–Crippen MR) is 181 cm³/mol. The van der Waals surface area contributed by atoms with Crippen LogP contribution in [0.3, 0.4) is 0 Å². The summed E-state index contributed by atoms with van der Waals surface area (Å²) in [6.45, 7) is 0.980. The van der Waals surface area contributed by atoms with Crippen molar-refractivity contribution in [2.24, 2.45) is 10.2 Å². The summed E-state index contributed by atoms with van der Waals surface area (Å²) in [4.78, 5) is 12.5. The van der Waals surface area contributed by atoms with Gasteiger partial charge in [0.2, 0.25) is 0 Å². The van der Waals surface area contributed by atoms with Gasteiger partial charge in [-0.3, -0.25) is 19.3 Å². The lowest BCUT2D eigenvalue weighted by molar-refractivity contribution is 0.0955. The third-order valence-electron chi connectivity index (χ3n) is 6.15. The number of hydrazone groups is 2. The molecule has 5 aromatic rings. The van der Waals surface area contributed by atoms with E-state index in [1.165, 1.54) is 0 Å². The van der Waals surface area contributed by atoms with Crippen molar-refractivity contribution < 1.29 is 31.8 Å². The third kappa shape index (κ3) is 13.4. The lowest BCUT2D eigenvalue weighted by Gasteiger charge is -2.07. The average Bonchev–Trinajstić information content (AvgIpc) is 3.07. The number of hydrogen-bond donors (Lipinski definition) is 4. The lowest BCUT2D eigenvalue weighted by atomic mass is 10.2. The predicted octanol–water partition coefficient (Wildman–Crippen LogP) is 6.40. The minimum absolute atomic E-state index is 0.315. The first-order valence-electron chi connectivity index (χ1n) is 14.2.